The molecular formula is C11H7F3N2O5. The Hall–Kier alpha value is -2.78. The van der Waals surface area contributed by atoms with E-state index >= 15 is 0 Å². The summed E-state index contributed by atoms with van der Waals surface area (Å²) in [6, 6.07) is 2.68. The molecule has 1 N–H and O–H groups in total. The van der Waals surface area contributed by atoms with E-state index < -0.39 is 28.7 Å². The maximum absolute atomic E-state index is 12.2. The van der Waals surface area contributed by atoms with Crippen LogP contribution >= 0.6 is 0 Å². The summed E-state index contributed by atoms with van der Waals surface area (Å²) in [5, 5.41) is 10.9. The van der Waals surface area contributed by atoms with E-state index in [1.165, 1.54) is 0 Å². The molecule has 1 aromatic heterocycles. The lowest BCUT2D eigenvalue weighted by Gasteiger charge is -2.08. The summed E-state index contributed by atoms with van der Waals surface area (Å²) in [5.41, 5.74) is -0.878. The second-order valence-electron chi connectivity index (χ2n) is 3.89. The van der Waals surface area contributed by atoms with Gasteiger partial charge in [0, 0.05) is 5.39 Å². The molecule has 21 heavy (non-hydrogen) atoms. The number of fused-ring (bicyclic) bond motifs is 1. The Bertz CT molecular complexity index is 722. The number of rotatable bonds is 3. The topological polar surface area (TPSA) is 94.5 Å². The van der Waals surface area contributed by atoms with Crippen LogP contribution in [0.4, 0.5) is 18.9 Å². The first kappa shape index (κ1) is 14.6. The molecule has 0 unspecified atom stereocenters. The van der Waals surface area contributed by atoms with Crippen LogP contribution in [0.25, 0.3) is 10.9 Å². The van der Waals surface area contributed by atoms with Crippen molar-refractivity contribution in [3.05, 3.63) is 34.0 Å². The number of nitro benzene ring substituents is 1. The first-order valence-corrected chi connectivity index (χ1v) is 5.36. The SMILES string of the molecule is COC(=O)c1cc2cc(OC(F)(F)F)cc([N+](=O)[O-])c2[nH]1. The number of alkyl halides is 3. The number of carbonyl (C=O) groups excluding carboxylic acids is 1. The number of hydrogen-bond donors (Lipinski definition) is 1. The summed E-state index contributed by atoms with van der Waals surface area (Å²) in [6.07, 6.45) is -4.98. The summed E-state index contributed by atoms with van der Waals surface area (Å²) < 4.78 is 44.7. The van der Waals surface area contributed by atoms with Gasteiger partial charge in [0.2, 0.25) is 0 Å². The van der Waals surface area contributed by atoms with Gasteiger partial charge in [-0.3, -0.25) is 10.1 Å². The van der Waals surface area contributed by atoms with Crippen molar-refractivity contribution in [1.29, 1.82) is 0 Å². The van der Waals surface area contributed by atoms with E-state index in [-0.39, 0.29) is 16.6 Å². The Morgan fingerprint density at radius 3 is 2.52 bits per heavy atom. The molecule has 0 atom stereocenters. The Kier molecular flexibility index (Phi) is 3.45. The molecule has 0 bridgehead atoms. The highest BCUT2D eigenvalue weighted by molar-refractivity contribution is 5.98. The van der Waals surface area contributed by atoms with Crippen LogP contribution in [0.5, 0.6) is 5.75 Å². The highest BCUT2D eigenvalue weighted by Gasteiger charge is 2.32. The fourth-order valence-electron chi connectivity index (χ4n) is 1.75. The third-order valence-electron chi connectivity index (χ3n) is 2.52. The summed E-state index contributed by atoms with van der Waals surface area (Å²) >= 11 is 0. The number of ether oxygens (including phenoxy) is 2. The highest BCUT2D eigenvalue weighted by Crippen LogP contribution is 2.33. The number of nitro groups is 1. The third-order valence-corrected chi connectivity index (χ3v) is 2.52. The quantitative estimate of drug-likeness (QED) is 0.534. The molecule has 1 heterocycles. The molecule has 2 aromatic rings. The maximum Gasteiger partial charge on any atom is 0.573 e. The number of benzene rings is 1. The minimum Gasteiger partial charge on any atom is -0.464 e. The van der Waals surface area contributed by atoms with E-state index in [1.54, 1.807) is 0 Å². The number of halogens is 3. The number of hydrogen-bond acceptors (Lipinski definition) is 5. The standard InChI is InChI=1S/C11H7F3N2O5/c1-20-10(17)7-3-5-2-6(21-11(12,13)14)4-8(16(18)19)9(5)15-7/h2-4,15H,1H3. The largest absolute Gasteiger partial charge is 0.573 e. The van der Waals surface area contributed by atoms with E-state index in [1.807, 2.05) is 0 Å². The van der Waals surface area contributed by atoms with Gasteiger partial charge >= 0.3 is 12.3 Å². The van der Waals surface area contributed by atoms with Crippen molar-refractivity contribution in [1.82, 2.24) is 4.98 Å². The third kappa shape index (κ3) is 3.04. The van der Waals surface area contributed by atoms with Crippen LogP contribution in [0, 0.1) is 10.1 Å². The van der Waals surface area contributed by atoms with Crippen LogP contribution in [-0.2, 0) is 4.74 Å². The van der Waals surface area contributed by atoms with Crippen LogP contribution in [0.3, 0.4) is 0 Å². The average Bonchev–Trinajstić information content (AvgIpc) is 2.78. The van der Waals surface area contributed by atoms with Crippen molar-refractivity contribution in [2.24, 2.45) is 0 Å². The van der Waals surface area contributed by atoms with Crippen LogP contribution in [0.1, 0.15) is 10.5 Å². The second kappa shape index (κ2) is 4.96. The van der Waals surface area contributed by atoms with E-state index in [0.29, 0.717) is 6.07 Å². The fourth-order valence-corrected chi connectivity index (χ4v) is 1.75. The molecule has 1 aromatic carbocycles. The number of esters is 1. The maximum atomic E-state index is 12.2. The number of H-pyrrole nitrogens is 1. The molecule has 0 radical (unpaired) electrons. The zero-order chi connectivity index (χ0) is 15.8. The number of carbonyl (C=O) groups is 1. The van der Waals surface area contributed by atoms with E-state index in [0.717, 1.165) is 19.2 Å². The zero-order valence-electron chi connectivity index (χ0n) is 10.4. The van der Waals surface area contributed by atoms with Crippen molar-refractivity contribution >= 4 is 22.6 Å². The van der Waals surface area contributed by atoms with Crippen LogP contribution in [0.15, 0.2) is 18.2 Å². The molecule has 2 rings (SSSR count). The smallest absolute Gasteiger partial charge is 0.464 e. The Morgan fingerprint density at radius 1 is 1.33 bits per heavy atom. The number of nitrogens with one attached hydrogen (secondary N) is 1. The lowest BCUT2D eigenvalue weighted by Crippen LogP contribution is -2.17. The van der Waals surface area contributed by atoms with Gasteiger partial charge in [0.1, 0.15) is 17.0 Å². The van der Waals surface area contributed by atoms with Gasteiger partial charge in [-0.1, -0.05) is 0 Å². The molecule has 10 heteroatoms. The van der Waals surface area contributed by atoms with Gasteiger partial charge in [0.15, 0.2) is 0 Å². The molecular weight excluding hydrogens is 297 g/mol. The van der Waals surface area contributed by atoms with Gasteiger partial charge in [-0.05, 0) is 12.1 Å². The van der Waals surface area contributed by atoms with Gasteiger partial charge < -0.3 is 14.5 Å². The van der Waals surface area contributed by atoms with Crippen LogP contribution < -0.4 is 4.74 Å². The average molecular weight is 304 g/mol. The van der Waals surface area contributed by atoms with Gasteiger partial charge in [0.05, 0.1) is 18.1 Å². The lowest BCUT2D eigenvalue weighted by atomic mass is 10.2. The van der Waals surface area contributed by atoms with Crippen molar-refractivity contribution in [3.8, 4) is 5.75 Å². The molecule has 0 spiro atoms. The highest BCUT2D eigenvalue weighted by atomic mass is 19.4. The fraction of sp³-hybridized carbons (Fsp3) is 0.182. The van der Waals surface area contributed by atoms with Crippen LogP contribution in [-0.4, -0.2) is 29.3 Å². The number of nitrogens with zero attached hydrogens (tertiary/aromatic N) is 1. The minimum absolute atomic E-state index is 0.0175. The summed E-state index contributed by atoms with van der Waals surface area (Å²) in [5.74, 6) is -1.56. The van der Waals surface area contributed by atoms with E-state index in [4.69, 9.17) is 0 Å². The molecule has 112 valence electrons. The first-order chi connectivity index (χ1) is 9.71. The molecule has 0 fully saturated rings. The molecule has 7 nitrogen and oxygen atoms in total. The molecule has 0 saturated heterocycles. The monoisotopic (exact) mass is 304 g/mol. The van der Waals surface area contributed by atoms with Gasteiger partial charge in [-0.15, -0.1) is 13.2 Å². The molecule has 0 saturated carbocycles. The van der Waals surface area contributed by atoms with Crippen molar-refractivity contribution < 1.29 is 32.4 Å². The minimum atomic E-state index is -4.98. The van der Waals surface area contributed by atoms with Crippen LogP contribution in [0.2, 0.25) is 0 Å². The Labute approximate surface area is 114 Å². The lowest BCUT2D eigenvalue weighted by molar-refractivity contribution is -0.383. The number of methoxy groups -OCH3 is 1. The molecule has 0 aliphatic heterocycles. The number of aromatic amines is 1. The van der Waals surface area contributed by atoms with Crippen molar-refractivity contribution in [3.63, 3.8) is 0 Å². The number of aromatic nitrogens is 1. The predicted octanol–water partition coefficient (Wildman–Crippen LogP) is 2.76. The molecule has 0 amide bonds. The number of non-ortho nitro benzene ring substituents is 1. The van der Waals surface area contributed by atoms with Gasteiger partial charge in [-0.2, -0.15) is 0 Å². The molecule has 0 aliphatic rings. The van der Waals surface area contributed by atoms with Crippen molar-refractivity contribution in [2.75, 3.05) is 7.11 Å². The summed E-state index contributed by atoms with van der Waals surface area (Å²) in [6.45, 7) is 0. The Balaban J connectivity index is 2.61. The van der Waals surface area contributed by atoms with Gasteiger partial charge in [0.25, 0.3) is 5.69 Å². The summed E-state index contributed by atoms with van der Waals surface area (Å²) in [4.78, 5) is 23.8. The zero-order valence-corrected chi connectivity index (χ0v) is 10.4. The second-order valence-corrected chi connectivity index (χ2v) is 3.89. The first-order valence-electron chi connectivity index (χ1n) is 5.36. The predicted molar refractivity (Wildman–Crippen MR) is 63.0 cm³/mol. The molecule has 0 aliphatic carbocycles. The van der Waals surface area contributed by atoms with E-state index in [9.17, 15) is 28.1 Å². The normalized spacial score (nSPS) is 11.4. The van der Waals surface area contributed by atoms with Gasteiger partial charge in [-0.25, -0.2) is 4.79 Å². The summed E-state index contributed by atoms with van der Waals surface area (Å²) in [7, 11) is 1.10. The van der Waals surface area contributed by atoms with Crippen molar-refractivity contribution in [2.45, 2.75) is 6.36 Å². The van der Waals surface area contributed by atoms with E-state index in [2.05, 4.69) is 14.5 Å². The Morgan fingerprint density at radius 2 is 2.00 bits per heavy atom.